The highest BCUT2D eigenvalue weighted by Crippen LogP contribution is 2.21. The first kappa shape index (κ1) is 14.9. The molecule has 0 radical (unpaired) electrons. The minimum absolute atomic E-state index is 0.372. The van der Waals surface area contributed by atoms with E-state index in [0.29, 0.717) is 16.6 Å². The van der Waals surface area contributed by atoms with Gasteiger partial charge in [-0.2, -0.15) is 5.26 Å². The number of benzene rings is 1. The molecule has 1 N–H and O–H groups in total. The molecule has 1 aromatic rings. The van der Waals surface area contributed by atoms with Gasteiger partial charge in [0.15, 0.2) is 0 Å². The third-order valence-corrected chi connectivity index (χ3v) is 3.16. The van der Waals surface area contributed by atoms with Crippen molar-refractivity contribution in [1.29, 1.82) is 5.26 Å². The van der Waals surface area contributed by atoms with Crippen molar-refractivity contribution in [1.82, 2.24) is 0 Å². The van der Waals surface area contributed by atoms with Gasteiger partial charge in [-0.1, -0.05) is 38.3 Å². The molecule has 0 aromatic heterocycles. The van der Waals surface area contributed by atoms with Gasteiger partial charge in [0.2, 0.25) is 0 Å². The van der Waals surface area contributed by atoms with Gasteiger partial charge in [-0.15, -0.1) is 0 Å². The molecule has 1 aromatic carbocycles. The molecular weight excluding hydrogens is 244 g/mol. The van der Waals surface area contributed by atoms with E-state index in [0.717, 1.165) is 18.0 Å². The lowest BCUT2D eigenvalue weighted by Gasteiger charge is -2.16. The Morgan fingerprint density at radius 3 is 2.61 bits per heavy atom. The van der Waals surface area contributed by atoms with E-state index in [-0.39, 0.29) is 0 Å². The van der Waals surface area contributed by atoms with Gasteiger partial charge in [0.05, 0.1) is 11.3 Å². The second-order valence-corrected chi connectivity index (χ2v) is 5.61. The Balaban J connectivity index is 2.54. The van der Waals surface area contributed by atoms with Crippen LogP contribution in [0.5, 0.6) is 0 Å². The molecule has 2 nitrogen and oxygen atoms in total. The zero-order chi connectivity index (χ0) is 13.5. The van der Waals surface area contributed by atoms with Crippen LogP contribution in [0.3, 0.4) is 0 Å². The van der Waals surface area contributed by atoms with Gasteiger partial charge in [-0.25, -0.2) is 0 Å². The molecule has 0 aliphatic heterocycles. The number of nitrogens with one attached hydrogen (secondary N) is 1. The molecule has 0 amide bonds. The van der Waals surface area contributed by atoms with Crippen LogP contribution < -0.4 is 5.32 Å². The molecular formula is C15H21ClN2. The molecule has 0 saturated carbocycles. The molecule has 0 aliphatic rings. The van der Waals surface area contributed by atoms with E-state index >= 15 is 0 Å². The minimum atomic E-state index is 0.372. The number of hydrogen-bond donors (Lipinski definition) is 1. The summed E-state index contributed by atoms with van der Waals surface area (Å²) < 4.78 is 0. The third kappa shape index (κ3) is 4.98. The van der Waals surface area contributed by atoms with E-state index in [1.807, 2.05) is 12.1 Å². The predicted octanol–water partition coefficient (Wildman–Crippen LogP) is 4.84. The molecule has 1 unspecified atom stereocenters. The second kappa shape index (κ2) is 7.28. The van der Waals surface area contributed by atoms with Crippen molar-refractivity contribution in [2.75, 3.05) is 5.32 Å². The summed E-state index contributed by atoms with van der Waals surface area (Å²) in [5, 5.41) is 13.0. The van der Waals surface area contributed by atoms with Gasteiger partial charge < -0.3 is 5.32 Å². The molecule has 3 heteroatoms. The van der Waals surface area contributed by atoms with E-state index in [4.69, 9.17) is 16.9 Å². The predicted molar refractivity (Wildman–Crippen MR) is 77.9 cm³/mol. The zero-order valence-corrected chi connectivity index (χ0v) is 12.1. The summed E-state index contributed by atoms with van der Waals surface area (Å²) in [6.45, 7) is 6.63. The summed E-state index contributed by atoms with van der Waals surface area (Å²) in [6.07, 6.45) is 3.57. The number of hydrogen-bond acceptors (Lipinski definition) is 2. The molecule has 1 rings (SSSR count). The maximum Gasteiger partial charge on any atom is 0.101 e. The van der Waals surface area contributed by atoms with Crippen molar-refractivity contribution in [3.05, 3.63) is 28.8 Å². The van der Waals surface area contributed by atoms with Crippen LogP contribution in [0.2, 0.25) is 5.02 Å². The molecule has 0 heterocycles. The number of halogens is 1. The largest absolute Gasteiger partial charge is 0.382 e. The average molecular weight is 265 g/mol. The quantitative estimate of drug-likeness (QED) is 0.798. The Hall–Kier alpha value is -1.20. The minimum Gasteiger partial charge on any atom is -0.382 e. The van der Waals surface area contributed by atoms with Crippen molar-refractivity contribution < 1.29 is 0 Å². The molecule has 98 valence electrons. The van der Waals surface area contributed by atoms with Crippen LogP contribution in [0.4, 0.5) is 5.69 Å². The zero-order valence-electron chi connectivity index (χ0n) is 11.3. The summed E-state index contributed by atoms with van der Waals surface area (Å²) in [5.74, 6) is 0.752. The fraction of sp³-hybridized carbons (Fsp3) is 0.533. The van der Waals surface area contributed by atoms with Crippen molar-refractivity contribution in [2.24, 2.45) is 5.92 Å². The Morgan fingerprint density at radius 2 is 2.00 bits per heavy atom. The Labute approximate surface area is 115 Å². The summed E-state index contributed by atoms with van der Waals surface area (Å²) in [7, 11) is 0. The lowest BCUT2D eigenvalue weighted by atomic mass is 10.0. The van der Waals surface area contributed by atoms with Gasteiger partial charge in [-0.3, -0.25) is 0 Å². The van der Waals surface area contributed by atoms with Crippen LogP contribution in [0.15, 0.2) is 18.2 Å². The Kier molecular flexibility index (Phi) is 6.01. The van der Waals surface area contributed by atoms with E-state index in [9.17, 15) is 0 Å². The van der Waals surface area contributed by atoms with Gasteiger partial charge >= 0.3 is 0 Å². The number of nitrogens with zero attached hydrogens (tertiary/aromatic N) is 1. The van der Waals surface area contributed by atoms with Crippen LogP contribution in [-0.4, -0.2) is 6.04 Å². The Morgan fingerprint density at radius 1 is 1.28 bits per heavy atom. The third-order valence-electron chi connectivity index (χ3n) is 2.92. The van der Waals surface area contributed by atoms with E-state index in [2.05, 4.69) is 32.2 Å². The fourth-order valence-electron chi connectivity index (χ4n) is 1.90. The van der Waals surface area contributed by atoms with E-state index in [1.165, 1.54) is 12.8 Å². The highest BCUT2D eigenvalue weighted by molar-refractivity contribution is 6.30. The molecule has 0 fully saturated rings. The SMILES string of the molecule is CC(C)CCCC(C)Nc1ccc(Cl)cc1C#N. The number of anilines is 1. The van der Waals surface area contributed by atoms with Gasteiger partial charge in [-0.05, 0) is 37.5 Å². The van der Waals surface area contributed by atoms with Crippen molar-refractivity contribution in [3.63, 3.8) is 0 Å². The van der Waals surface area contributed by atoms with Crippen LogP contribution in [0, 0.1) is 17.2 Å². The van der Waals surface area contributed by atoms with Crippen LogP contribution in [0.25, 0.3) is 0 Å². The molecule has 18 heavy (non-hydrogen) atoms. The molecule has 1 atom stereocenters. The average Bonchev–Trinajstić information content (AvgIpc) is 2.31. The number of rotatable bonds is 6. The van der Waals surface area contributed by atoms with Gasteiger partial charge in [0.25, 0.3) is 0 Å². The van der Waals surface area contributed by atoms with Crippen LogP contribution in [0.1, 0.15) is 45.6 Å². The first-order valence-electron chi connectivity index (χ1n) is 6.49. The highest BCUT2D eigenvalue weighted by atomic mass is 35.5. The van der Waals surface area contributed by atoms with Crippen LogP contribution >= 0.6 is 11.6 Å². The number of nitriles is 1. The van der Waals surface area contributed by atoms with Crippen molar-refractivity contribution in [3.8, 4) is 6.07 Å². The highest BCUT2D eigenvalue weighted by Gasteiger charge is 2.07. The topological polar surface area (TPSA) is 35.8 Å². The summed E-state index contributed by atoms with van der Waals surface area (Å²) in [6, 6.07) is 7.93. The van der Waals surface area contributed by atoms with Gasteiger partial charge in [0.1, 0.15) is 6.07 Å². The maximum absolute atomic E-state index is 9.06. The summed E-state index contributed by atoms with van der Waals surface area (Å²) >= 11 is 5.87. The fourth-order valence-corrected chi connectivity index (χ4v) is 2.08. The first-order chi connectivity index (χ1) is 8.52. The van der Waals surface area contributed by atoms with Crippen molar-refractivity contribution >= 4 is 17.3 Å². The summed E-state index contributed by atoms with van der Waals surface area (Å²) in [5.41, 5.74) is 1.48. The van der Waals surface area contributed by atoms with E-state index < -0.39 is 0 Å². The van der Waals surface area contributed by atoms with Crippen molar-refractivity contribution in [2.45, 2.75) is 46.1 Å². The lowest BCUT2D eigenvalue weighted by Crippen LogP contribution is -2.16. The normalized spacial score (nSPS) is 12.2. The van der Waals surface area contributed by atoms with E-state index in [1.54, 1.807) is 6.07 Å². The van der Waals surface area contributed by atoms with Gasteiger partial charge in [0, 0.05) is 11.1 Å². The lowest BCUT2D eigenvalue weighted by molar-refractivity contribution is 0.520. The summed E-state index contributed by atoms with van der Waals surface area (Å²) in [4.78, 5) is 0. The molecule has 0 aliphatic carbocycles. The first-order valence-corrected chi connectivity index (χ1v) is 6.87. The maximum atomic E-state index is 9.06. The Bertz CT molecular complexity index is 421. The van der Waals surface area contributed by atoms with Crippen LogP contribution in [-0.2, 0) is 0 Å². The standard InChI is InChI=1S/C15H21ClN2/c1-11(2)5-4-6-12(3)18-15-8-7-14(16)9-13(15)10-17/h7-9,11-12,18H,4-6H2,1-3H3. The monoisotopic (exact) mass is 264 g/mol. The molecule has 0 saturated heterocycles. The second-order valence-electron chi connectivity index (χ2n) is 5.17. The smallest absolute Gasteiger partial charge is 0.101 e. The molecule has 0 spiro atoms. The molecule has 0 bridgehead atoms.